The third-order valence-electron chi connectivity index (χ3n) is 6.04. The summed E-state index contributed by atoms with van der Waals surface area (Å²) in [6, 6.07) is 17.8. The van der Waals surface area contributed by atoms with Crippen LogP contribution in [0.2, 0.25) is 0 Å². The van der Waals surface area contributed by atoms with Crippen molar-refractivity contribution < 1.29 is 24.5 Å². The summed E-state index contributed by atoms with van der Waals surface area (Å²) < 4.78 is 6.92. The topological polar surface area (TPSA) is 124 Å². The second kappa shape index (κ2) is 10.4. The molecule has 0 bridgehead atoms. The van der Waals surface area contributed by atoms with Crippen LogP contribution in [-0.4, -0.2) is 38.8 Å². The lowest BCUT2D eigenvalue weighted by Gasteiger charge is -2.09. The first-order valence-electron chi connectivity index (χ1n) is 11.5. The molecule has 0 aliphatic rings. The van der Waals surface area contributed by atoms with Crippen LogP contribution in [0.5, 0.6) is 0 Å². The number of Topliss-reactive ketones (excluding diaryl/α,β-unsaturated/α-hetero) is 1. The SMILES string of the molecule is CCOC(=O)CCC(=NO)C(=O)c1ccc2c(c1)c1cc([N+](=O)[O-])ccc1n2Cc1ccc(C)cc1. The Hall–Kier alpha value is -4.53. The maximum atomic E-state index is 13.1. The van der Waals surface area contributed by atoms with Gasteiger partial charge in [0, 0.05) is 52.5 Å². The van der Waals surface area contributed by atoms with Gasteiger partial charge in [-0.15, -0.1) is 0 Å². The molecule has 0 radical (unpaired) electrons. The number of non-ortho nitro benzene ring substituents is 1. The van der Waals surface area contributed by atoms with E-state index in [1.807, 2.05) is 31.2 Å². The van der Waals surface area contributed by atoms with E-state index in [0.29, 0.717) is 17.3 Å². The van der Waals surface area contributed by atoms with Gasteiger partial charge in [-0.05, 0) is 43.7 Å². The number of nitro benzene ring substituents is 1. The standard InChI is InChI=1S/C27H25N3O6/c1-3-36-26(31)13-10-23(28-33)27(32)19-8-11-24-21(14-19)22-15-20(30(34)35)9-12-25(22)29(24)16-18-6-4-17(2)5-7-18/h4-9,11-12,14-15,33H,3,10,13,16H2,1-2H3. The van der Waals surface area contributed by atoms with Crippen LogP contribution < -0.4 is 0 Å². The smallest absolute Gasteiger partial charge is 0.306 e. The van der Waals surface area contributed by atoms with Gasteiger partial charge in [0.25, 0.3) is 5.69 Å². The molecular weight excluding hydrogens is 462 g/mol. The maximum Gasteiger partial charge on any atom is 0.306 e. The number of hydrogen-bond acceptors (Lipinski definition) is 7. The van der Waals surface area contributed by atoms with Gasteiger partial charge in [0.05, 0.1) is 18.0 Å². The van der Waals surface area contributed by atoms with Crippen molar-refractivity contribution in [3.05, 3.63) is 87.5 Å². The van der Waals surface area contributed by atoms with E-state index in [0.717, 1.165) is 22.2 Å². The number of rotatable bonds is 9. The average Bonchev–Trinajstić information content (AvgIpc) is 3.18. The molecule has 4 rings (SSSR count). The quantitative estimate of drug-likeness (QED) is 0.0840. The van der Waals surface area contributed by atoms with Crippen LogP contribution >= 0.6 is 0 Å². The maximum absolute atomic E-state index is 13.1. The minimum Gasteiger partial charge on any atom is -0.466 e. The Kier molecular flexibility index (Phi) is 7.10. The summed E-state index contributed by atoms with van der Waals surface area (Å²) >= 11 is 0. The molecule has 1 heterocycles. The fraction of sp³-hybridized carbons (Fsp3) is 0.222. The summed E-state index contributed by atoms with van der Waals surface area (Å²) in [6.07, 6.45) is -0.171. The molecule has 36 heavy (non-hydrogen) atoms. The number of carbonyl (C=O) groups excluding carboxylic acids is 2. The van der Waals surface area contributed by atoms with Crippen molar-refractivity contribution in [2.45, 2.75) is 33.2 Å². The molecule has 1 aromatic heterocycles. The minimum atomic E-state index is -0.534. The zero-order valence-corrected chi connectivity index (χ0v) is 19.9. The Morgan fingerprint density at radius 2 is 1.67 bits per heavy atom. The summed E-state index contributed by atoms with van der Waals surface area (Å²) in [6.45, 7) is 4.44. The van der Waals surface area contributed by atoms with E-state index in [4.69, 9.17) is 4.74 Å². The van der Waals surface area contributed by atoms with Crippen molar-refractivity contribution >= 4 is 45.0 Å². The Morgan fingerprint density at radius 1 is 1.00 bits per heavy atom. The molecule has 0 saturated heterocycles. The molecular formula is C27H25N3O6. The Morgan fingerprint density at radius 3 is 2.31 bits per heavy atom. The van der Waals surface area contributed by atoms with E-state index < -0.39 is 16.7 Å². The number of aromatic nitrogens is 1. The van der Waals surface area contributed by atoms with E-state index in [9.17, 15) is 24.9 Å². The number of nitrogens with zero attached hydrogens (tertiary/aromatic N) is 3. The van der Waals surface area contributed by atoms with Crippen molar-refractivity contribution in [2.75, 3.05) is 6.61 Å². The molecule has 0 atom stereocenters. The molecule has 0 aliphatic heterocycles. The molecule has 0 unspecified atom stereocenters. The van der Waals surface area contributed by atoms with Gasteiger partial charge in [0.2, 0.25) is 5.78 Å². The summed E-state index contributed by atoms with van der Waals surface area (Å²) in [5.41, 5.74) is 3.82. The number of carbonyl (C=O) groups is 2. The first-order chi connectivity index (χ1) is 17.3. The summed E-state index contributed by atoms with van der Waals surface area (Å²) in [4.78, 5) is 35.7. The Labute approximate surface area is 206 Å². The van der Waals surface area contributed by atoms with Crippen LogP contribution in [-0.2, 0) is 16.1 Å². The van der Waals surface area contributed by atoms with Gasteiger partial charge in [0.15, 0.2) is 0 Å². The number of hydrogen-bond donors (Lipinski definition) is 1. The number of ketones is 1. The van der Waals surface area contributed by atoms with E-state index >= 15 is 0 Å². The lowest BCUT2D eigenvalue weighted by atomic mass is 10.0. The minimum absolute atomic E-state index is 0.0549. The van der Waals surface area contributed by atoms with Crippen molar-refractivity contribution in [3.8, 4) is 0 Å². The largest absolute Gasteiger partial charge is 0.466 e. The third kappa shape index (κ3) is 4.95. The molecule has 3 aromatic carbocycles. The van der Waals surface area contributed by atoms with Gasteiger partial charge >= 0.3 is 5.97 Å². The van der Waals surface area contributed by atoms with Crippen LogP contribution in [0.1, 0.15) is 41.3 Å². The number of fused-ring (bicyclic) bond motifs is 3. The second-order valence-electron chi connectivity index (χ2n) is 8.44. The van der Waals surface area contributed by atoms with Gasteiger partial charge in [0.1, 0.15) is 5.71 Å². The van der Waals surface area contributed by atoms with Gasteiger partial charge in [-0.2, -0.15) is 0 Å². The second-order valence-corrected chi connectivity index (χ2v) is 8.44. The van der Waals surface area contributed by atoms with Crippen LogP contribution in [0.25, 0.3) is 21.8 Å². The Bertz CT molecular complexity index is 1500. The van der Waals surface area contributed by atoms with E-state index in [-0.39, 0.29) is 36.4 Å². The van der Waals surface area contributed by atoms with Gasteiger partial charge in [-0.25, -0.2) is 0 Å². The molecule has 1 N–H and O–H groups in total. The van der Waals surface area contributed by atoms with Gasteiger partial charge < -0.3 is 14.5 Å². The predicted molar refractivity (Wildman–Crippen MR) is 136 cm³/mol. The van der Waals surface area contributed by atoms with E-state index in [1.165, 1.54) is 12.1 Å². The average molecular weight is 488 g/mol. The van der Waals surface area contributed by atoms with Crippen LogP contribution in [0.15, 0.2) is 65.8 Å². The van der Waals surface area contributed by atoms with Crippen molar-refractivity contribution in [2.24, 2.45) is 5.16 Å². The zero-order valence-electron chi connectivity index (χ0n) is 19.9. The van der Waals surface area contributed by atoms with Gasteiger partial charge in [-0.1, -0.05) is 35.0 Å². The highest BCUT2D eigenvalue weighted by Crippen LogP contribution is 2.33. The highest BCUT2D eigenvalue weighted by atomic mass is 16.6. The zero-order chi connectivity index (χ0) is 25.8. The summed E-state index contributed by atoms with van der Waals surface area (Å²) in [5.74, 6) is -1.03. The first-order valence-corrected chi connectivity index (χ1v) is 11.5. The number of oxime groups is 1. The van der Waals surface area contributed by atoms with Gasteiger partial charge in [-0.3, -0.25) is 19.7 Å². The lowest BCUT2D eigenvalue weighted by Crippen LogP contribution is -2.17. The summed E-state index contributed by atoms with van der Waals surface area (Å²) in [7, 11) is 0. The molecule has 4 aromatic rings. The molecule has 0 aliphatic carbocycles. The number of benzene rings is 3. The Balaban J connectivity index is 1.78. The lowest BCUT2D eigenvalue weighted by molar-refractivity contribution is -0.384. The fourth-order valence-electron chi connectivity index (χ4n) is 4.22. The molecule has 0 saturated carbocycles. The van der Waals surface area contributed by atoms with Crippen molar-refractivity contribution in [3.63, 3.8) is 0 Å². The number of nitro groups is 1. The molecule has 0 amide bonds. The summed E-state index contributed by atoms with van der Waals surface area (Å²) in [5, 5.41) is 25.3. The molecule has 184 valence electrons. The predicted octanol–water partition coefficient (Wildman–Crippen LogP) is 5.42. The van der Waals surface area contributed by atoms with Crippen LogP contribution in [0.4, 0.5) is 5.69 Å². The van der Waals surface area contributed by atoms with Crippen LogP contribution in [0, 0.1) is 17.0 Å². The van der Waals surface area contributed by atoms with Crippen LogP contribution in [0.3, 0.4) is 0 Å². The molecule has 0 fully saturated rings. The number of aryl methyl sites for hydroxylation is 1. The monoisotopic (exact) mass is 487 g/mol. The highest BCUT2D eigenvalue weighted by molar-refractivity contribution is 6.46. The highest BCUT2D eigenvalue weighted by Gasteiger charge is 2.20. The fourth-order valence-corrected chi connectivity index (χ4v) is 4.22. The normalized spacial score (nSPS) is 11.7. The van der Waals surface area contributed by atoms with Crippen molar-refractivity contribution in [1.82, 2.24) is 4.57 Å². The first kappa shape index (κ1) is 24.6. The molecule has 9 heteroatoms. The van der Waals surface area contributed by atoms with Crippen molar-refractivity contribution in [1.29, 1.82) is 0 Å². The number of ether oxygens (including phenoxy) is 1. The van der Waals surface area contributed by atoms with E-state index in [1.54, 1.807) is 31.2 Å². The molecule has 9 nitrogen and oxygen atoms in total. The third-order valence-corrected chi connectivity index (χ3v) is 6.04. The molecule has 0 spiro atoms. The number of esters is 1. The van der Waals surface area contributed by atoms with E-state index in [2.05, 4.69) is 9.72 Å².